The van der Waals surface area contributed by atoms with E-state index >= 15 is 0 Å². The van der Waals surface area contributed by atoms with Gasteiger partial charge in [-0.3, -0.25) is 4.79 Å². The van der Waals surface area contributed by atoms with Crippen LogP contribution >= 0.6 is 0 Å². The van der Waals surface area contributed by atoms with Gasteiger partial charge >= 0.3 is 6.36 Å². The molecule has 0 radical (unpaired) electrons. The number of aromatic nitrogens is 1. The van der Waals surface area contributed by atoms with E-state index in [1.807, 2.05) is 13.8 Å². The van der Waals surface area contributed by atoms with Crippen LogP contribution in [0.25, 0.3) is 0 Å². The Balaban J connectivity index is 1.88. The Kier molecular flexibility index (Phi) is 5.17. The van der Waals surface area contributed by atoms with Crippen molar-refractivity contribution in [3.8, 4) is 5.75 Å². The minimum atomic E-state index is -5.06. The van der Waals surface area contributed by atoms with Crippen molar-refractivity contribution in [1.82, 2.24) is 9.88 Å². The predicted octanol–water partition coefficient (Wildman–Crippen LogP) is 3.02. The quantitative estimate of drug-likeness (QED) is 0.723. The Hall–Kier alpha value is -2.89. The van der Waals surface area contributed by atoms with Gasteiger partial charge in [0.25, 0.3) is 5.91 Å². The highest BCUT2D eigenvalue weighted by molar-refractivity contribution is 7.91. The average molecular weight is 447 g/mol. The first kappa shape index (κ1) is 21.8. The van der Waals surface area contributed by atoms with E-state index in [0.29, 0.717) is 31.3 Å². The monoisotopic (exact) mass is 447 g/mol. The Labute approximate surface area is 169 Å². The zero-order valence-corrected chi connectivity index (χ0v) is 16.6. The molecular weight excluding hydrogens is 430 g/mol. The number of carbonyl (C=O) groups is 1. The third kappa shape index (κ3) is 4.32. The van der Waals surface area contributed by atoms with Gasteiger partial charge in [0.15, 0.2) is 5.69 Å². The van der Waals surface area contributed by atoms with Crippen molar-refractivity contribution in [1.29, 1.82) is 0 Å². The lowest BCUT2D eigenvalue weighted by atomic mass is 9.84. The van der Waals surface area contributed by atoms with Crippen LogP contribution in [0.5, 0.6) is 5.75 Å². The highest BCUT2D eigenvalue weighted by atomic mass is 32.2. The number of alkyl halides is 3. The molecule has 1 amide bonds. The number of sulfone groups is 1. The van der Waals surface area contributed by atoms with Crippen LogP contribution in [-0.2, 0) is 9.84 Å². The molecule has 0 atom stereocenters. The summed E-state index contributed by atoms with van der Waals surface area (Å²) in [5.74, 6) is -2.82. The lowest BCUT2D eigenvalue weighted by Crippen LogP contribution is -2.55. The molecular formula is C18H17F4N3O4S. The molecule has 0 unspecified atom stereocenters. The SMILES string of the molecule is CC1(C)CN(C(=O)c2ncc(S(=O)(=O)c3ccc(OC(F)(F)F)cc3F)cc2N)C1. The summed E-state index contributed by atoms with van der Waals surface area (Å²) in [7, 11) is -4.50. The largest absolute Gasteiger partial charge is 0.573 e. The van der Waals surface area contributed by atoms with Crippen LogP contribution in [-0.4, -0.2) is 43.7 Å². The van der Waals surface area contributed by atoms with E-state index in [1.54, 1.807) is 0 Å². The maximum absolute atomic E-state index is 14.2. The number of ether oxygens (including phenoxy) is 1. The lowest BCUT2D eigenvalue weighted by Gasteiger charge is -2.45. The number of nitrogens with zero attached hydrogens (tertiary/aromatic N) is 2. The molecule has 0 bridgehead atoms. The van der Waals surface area contributed by atoms with E-state index in [9.17, 15) is 30.8 Å². The summed E-state index contributed by atoms with van der Waals surface area (Å²) in [5, 5.41) is 0. The van der Waals surface area contributed by atoms with Crippen molar-refractivity contribution in [2.75, 3.05) is 18.8 Å². The van der Waals surface area contributed by atoms with E-state index in [2.05, 4.69) is 9.72 Å². The predicted molar refractivity (Wildman–Crippen MR) is 96.9 cm³/mol. The van der Waals surface area contributed by atoms with Gasteiger partial charge in [-0.2, -0.15) is 0 Å². The number of hydrogen-bond donors (Lipinski definition) is 1. The second kappa shape index (κ2) is 7.11. The number of likely N-dealkylation sites (tertiary alicyclic amines) is 1. The minimum Gasteiger partial charge on any atom is -0.406 e. The zero-order valence-electron chi connectivity index (χ0n) is 15.8. The fraction of sp³-hybridized carbons (Fsp3) is 0.333. The van der Waals surface area contributed by atoms with Gasteiger partial charge in [0.2, 0.25) is 9.84 Å². The molecule has 1 aromatic heterocycles. The standard InChI is InChI=1S/C18H17F4N3O4S/c1-17(2)8-25(9-17)16(26)15-13(23)6-11(7-24-15)30(27,28)14-4-3-10(5-12(14)19)29-18(20,21)22/h3-7H,8-9,23H2,1-2H3. The molecule has 0 saturated carbocycles. The topological polar surface area (TPSA) is 103 Å². The molecule has 7 nitrogen and oxygen atoms in total. The Morgan fingerprint density at radius 2 is 1.87 bits per heavy atom. The summed E-state index contributed by atoms with van der Waals surface area (Å²) in [6, 6.07) is 2.58. The molecule has 2 aromatic rings. The van der Waals surface area contributed by atoms with Crippen LogP contribution in [0.15, 0.2) is 40.3 Å². The molecule has 3 rings (SSSR count). The molecule has 1 aliphatic rings. The van der Waals surface area contributed by atoms with Crippen LogP contribution in [0.4, 0.5) is 23.2 Å². The van der Waals surface area contributed by atoms with Crippen LogP contribution in [0.3, 0.4) is 0 Å². The fourth-order valence-electron chi connectivity index (χ4n) is 3.09. The van der Waals surface area contributed by atoms with E-state index in [-0.39, 0.29) is 16.8 Å². The number of pyridine rings is 1. The molecule has 2 N–H and O–H groups in total. The number of hydrogen-bond acceptors (Lipinski definition) is 6. The molecule has 0 aliphatic carbocycles. The number of halogens is 4. The third-order valence-corrected chi connectivity index (χ3v) is 6.11. The number of rotatable bonds is 4. The first-order valence-electron chi connectivity index (χ1n) is 8.55. The molecule has 162 valence electrons. The summed E-state index contributed by atoms with van der Waals surface area (Å²) in [5.41, 5.74) is 5.41. The number of nitrogens with two attached hydrogens (primary N) is 1. The van der Waals surface area contributed by atoms with Gasteiger partial charge in [0, 0.05) is 25.4 Å². The maximum Gasteiger partial charge on any atom is 0.573 e. The van der Waals surface area contributed by atoms with Crippen molar-refractivity contribution in [2.45, 2.75) is 30.0 Å². The number of anilines is 1. The lowest BCUT2D eigenvalue weighted by molar-refractivity contribution is -0.274. The van der Waals surface area contributed by atoms with Gasteiger partial charge < -0.3 is 15.4 Å². The molecule has 1 saturated heterocycles. The van der Waals surface area contributed by atoms with Gasteiger partial charge in [-0.25, -0.2) is 17.8 Å². The van der Waals surface area contributed by atoms with Gasteiger partial charge in [-0.05, 0) is 23.6 Å². The molecule has 12 heteroatoms. The third-order valence-electron chi connectivity index (χ3n) is 4.36. The molecule has 30 heavy (non-hydrogen) atoms. The summed E-state index contributed by atoms with van der Waals surface area (Å²) >= 11 is 0. The summed E-state index contributed by atoms with van der Waals surface area (Å²) < 4.78 is 79.8. The minimum absolute atomic E-state index is 0.0345. The van der Waals surface area contributed by atoms with Gasteiger partial charge in [-0.1, -0.05) is 13.8 Å². The zero-order chi connectivity index (χ0) is 22.5. The molecule has 1 fully saturated rings. The summed E-state index contributed by atoms with van der Waals surface area (Å²) in [6.07, 6.45) is -4.21. The van der Waals surface area contributed by atoms with Crippen molar-refractivity contribution < 1.29 is 35.5 Å². The maximum atomic E-state index is 14.2. The molecule has 2 heterocycles. The second-order valence-electron chi connectivity index (χ2n) is 7.58. The number of nitrogen functional groups attached to an aromatic ring is 1. The average Bonchev–Trinajstić information content (AvgIpc) is 2.57. The van der Waals surface area contributed by atoms with Crippen molar-refractivity contribution in [2.24, 2.45) is 5.41 Å². The fourth-order valence-corrected chi connectivity index (χ4v) is 4.38. The van der Waals surface area contributed by atoms with E-state index in [4.69, 9.17) is 5.73 Å². The first-order chi connectivity index (χ1) is 13.7. The van der Waals surface area contributed by atoms with Gasteiger partial charge in [-0.15, -0.1) is 13.2 Å². The summed E-state index contributed by atoms with van der Waals surface area (Å²) in [4.78, 5) is 16.4. The normalized spacial score (nSPS) is 16.1. The highest BCUT2D eigenvalue weighted by Gasteiger charge is 2.38. The van der Waals surface area contributed by atoms with Gasteiger partial charge in [0.05, 0.1) is 10.6 Å². The highest BCUT2D eigenvalue weighted by Crippen LogP contribution is 2.32. The Bertz CT molecular complexity index is 1110. The van der Waals surface area contributed by atoms with Crippen LogP contribution in [0.1, 0.15) is 24.3 Å². The van der Waals surface area contributed by atoms with Crippen LogP contribution < -0.4 is 10.5 Å². The van der Waals surface area contributed by atoms with E-state index in [0.717, 1.165) is 12.3 Å². The summed E-state index contributed by atoms with van der Waals surface area (Å²) in [6.45, 7) is 4.93. The number of benzene rings is 1. The van der Waals surface area contributed by atoms with E-state index in [1.165, 1.54) is 4.90 Å². The number of amides is 1. The Morgan fingerprint density at radius 3 is 2.37 bits per heavy atom. The second-order valence-corrected chi connectivity index (χ2v) is 9.50. The van der Waals surface area contributed by atoms with Crippen molar-refractivity contribution >= 4 is 21.4 Å². The van der Waals surface area contributed by atoms with Crippen LogP contribution in [0.2, 0.25) is 0 Å². The van der Waals surface area contributed by atoms with Gasteiger partial charge in [0.1, 0.15) is 16.5 Å². The number of carbonyl (C=O) groups excluding carboxylic acids is 1. The smallest absolute Gasteiger partial charge is 0.406 e. The van der Waals surface area contributed by atoms with E-state index < -0.39 is 43.5 Å². The molecule has 1 aliphatic heterocycles. The Morgan fingerprint density at radius 1 is 1.23 bits per heavy atom. The molecule has 0 spiro atoms. The van der Waals surface area contributed by atoms with Crippen LogP contribution in [0, 0.1) is 11.2 Å². The van der Waals surface area contributed by atoms with Crippen molar-refractivity contribution in [3.63, 3.8) is 0 Å². The van der Waals surface area contributed by atoms with Crippen molar-refractivity contribution in [3.05, 3.63) is 42.0 Å². The molecule has 1 aromatic carbocycles. The first-order valence-corrected chi connectivity index (χ1v) is 10.0.